The summed E-state index contributed by atoms with van der Waals surface area (Å²) in [6.45, 7) is 0. The second kappa shape index (κ2) is 7.49. The predicted octanol–water partition coefficient (Wildman–Crippen LogP) is 6.35. The maximum atomic E-state index is 15.2. The van der Waals surface area contributed by atoms with E-state index < -0.39 is 7.14 Å². The molecule has 1 aliphatic heterocycles. The summed E-state index contributed by atoms with van der Waals surface area (Å²) >= 11 is 0. The zero-order chi connectivity index (χ0) is 24.6. The Bertz CT molecular complexity index is 2020. The SMILES string of the molecule is O=P1(c2ccccc2)c2ccccc2-n2c(-c3c4ccccc4cc4ncccc34)nc3cccc1c32. The Morgan fingerprint density at radius 2 is 1.41 bits per heavy atom. The Morgan fingerprint density at radius 3 is 2.32 bits per heavy atom. The first-order valence-electron chi connectivity index (χ1n) is 12.3. The van der Waals surface area contributed by atoms with Crippen molar-refractivity contribution in [1.29, 1.82) is 0 Å². The highest BCUT2D eigenvalue weighted by atomic mass is 31.2. The van der Waals surface area contributed by atoms with Crippen molar-refractivity contribution in [2.24, 2.45) is 0 Å². The van der Waals surface area contributed by atoms with Gasteiger partial charge in [-0.3, -0.25) is 9.55 Å². The van der Waals surface area contributed by atoms with E-state index in [1.54, 1.807) is 0 Å². The van der Waals surface area contributed by atoms with E-state index in [4.69, 9.17) is 4.98 Å². The molecule has 4 nitrogen and oxygen atoms in total. The average Bonchev–Trinajstić information content (AvgIpc) is 3.35. The molecule has 0 spiro atoms. The molecule has 2 aromatic heterocycles. The van der Waals surface area contributed by atoms with Gasteiger partial charge in [0.05, 0.1) is 22.2 Å². The van der Waals surface area contributed by atoms with Crippen LogP contribution in [0.4, 0.5) is 0 Å². The van der Waals surface area contributed by atoms with Gasteiger partial charge in [-0.25, -0.2) is 4.98 Å². The number of para-hydroxylation sites is 2. The van der Waals surface area contributed by atoms with E-state index in [0.717, 1.165) is 65.7 Å². The molecular weight excluding hydrogens is 473 g/mol. The first-order valence-corrected chi connectivity index (χ1v) is 14.0. The lowest BCUT2D eigenvalue weighted by Gasteiger charge is -2.29. The molecule has 3 heterocycles. The summed E-state index contributed by atoms with van der Waals surface area (Å²) in [4.78, 5) is 9.91. The molecule has 0 N–H and O–H groups in total. The second-order valence-corrected chi connectivity index (χ2v) is 12.1. The Labute approximate surface area is 213 Å². The minimum absolute atomic E-state index is 0.830. The lowest BCUT2D eigenvalue weighted by atomic mass is 9.98. The van der Waals surface area contributed by atoms with E-state index in [1.807, 2.05) is 79.0 Å². The van der Waals surface area contributed by atoms with Crippen molar-refractivity contribution in [2.75, 3.05) is 0 Å². The number of hydrogen-bond donors (Lipinski definition) is 0. The number of hydrogen-bond acceptors (Lipinski definition) is 3. The molecule has 0 aliphatic carbocycles. The molecule has 0 saturated heterocycles. The molecule has 174 valence electrons. The molecule has 0 fully saturated rings. The Balaban J connectivity index is 1.59. The summed E-state index contributed by atoms with van der Waals surface area (Å²) in [5.41, 5.74) is 4.62. The van der Waals surface area contributed by atoms with Gasteiger partial charge in [-0.15, -0.1) is 0 Å². The van der Waals surface area contributed by atoms with Gasteiger partial charge in [-0.2, -0.15) is 0 Å². The summed E-state index contributed by atoms with van der Waals surface area (Å²) in [5, 5.41) is 5.78. The van der Waals surface area contributed by atoms with Crippen LogP contribution in [0, 0.1) is 0 Å². The van der Waals surface area contributed by atoms with Crippen LogP contribution in [0.5, 0.6) is 0 Å². The molecule has 37 heavy (non-hydrogen) atoms. The van der Waals surface area contributed by atoms with Crippen LogP contribution in [-0.4, -0.2) is 14.5 Å². The van der Waals surface area contributed by atoms with Crippen molar-refractivity contribution in [1.82, 2.24) is 14.5 Å². The van der Waals surface area contributed by atoms with Gasteiger partial charge in [0.1, 0.15) is 5.82 Å². The average molecular weight is 494 g/mol. The summed E-state index contributed by atoms with van der Waals surface area (Å²) in [6, 6.07) is 38.5. The topological polar surface area (TPSA) is 47.8 Å². The monoisotopic (exact) mass is 493 g/mol. The molecule has 0 amide bonds. The zero-order valence-electron chi connectivity index (χ0n) is 19.7. The third kappa shape index (κ3) is 2.71. The highest BCUT2D eigenvalue weighted by molar-refractivity contribution is 7.86. The minimum Gasteiger partial charge on any atom is -0.308 e. The zero-order valence-corrected chi connectivity index (χ0v) is 20.6. The van der Waals surface area contributed by atoms with Crippen molar-refractivity contribution in [3.8, 4) is 17.1 Å². The highest BCUT2D eigenvalue weighted by Gasteiger charge is 2.40. The molecule has 0 saturated carbocycles. The van der Waals surface area contributed by atoms with Crippen molar-refractivity contribution in [2.45, 2.75) is 0 Å². The number of pyridine rings is 1. The molecule has 1 unspecified atom stereocenters. The summed E-state index contributed by atoms with van der Waals surface area (Å²) in [6.07, 6.45) is 1.83. The third-order valence-corrected chi connectivity index (χ3v) is 10.6. The molecule has 8 rings (SSSR count). The van der Waals surface area contributed by atoms with Crippen molar-refractivity contribution < 1.29 is 4.57 Å². The van der Waals surface area contributed by atoms with Gasteiger partial charge < -0.3 is 4.57 Å². The van der Waals surface area contributed by atoms with Gasteiger partial charge in [0, 0.05) is 33.1 Å². The van der Waals surface area contributed by atoms with E-state index in [2.05, 4.69) is 52.0 Å². The number of benzene rings is 5. The van der Waals surface area contributed by atoms with Crippen molar-refractivity contribution in [3.05, 3.63) is 121 Å². The van der Waals surface area contributed by atoms with Crippen molar-refractivity contribution in [3.63, 3.8) is 0 Å². The number of fused-ring (bicyclic) bond motifs is 4. The van der Waals surface area contributed by atoms with E-state index in [9.17, 15) is 0 Å². The largest absolute Gasteiger partial charge is 0.308 e. The van der Waals surface area contributed by atoms with E-state index in [1.165, 1.54) is 0 Å². The van der Waals surface area contributed by atoms with Crippen LogP contribution >= 0.6 is 7.14 Å². The molecule has 1 atom stereocenters. The van der Waals surface area contributed by atoms with Gasteiger partial charge in [-0.1, -0.05) is 78.9 Å². The molecule has 5 heteroatoms. The fraction of sp³-hybridized carbons (Fsp3) is 0. The van der Waals surface area contributed by atoms with Crippen LogP contribution in [0.15, 0.2) is 121 Å². The van der Waals surface area contributed by atoms with Gasteiger partial charge in [0.25, 0.3) is 0 Å². The van der Waals surface area contributed by atoms with E-state index in [-0.39, 0.29) is 0 Å². The van der Waals surface area contributed by atoms with Gasteiger partial charge in [0.2, 0.25) is 0 Å². The van der Waals surface area contributed by atoms with Crippen LogP contribution < -0.4 is 15.9 Å². The normalized spacial score (nSPS) is 16.3. The van der Waals surface area contributed by atoms with Crippen molar-refractivity contribution >= 4 is 55.8 Å². The first-order chi connectivity index (χ1) is 18.2. The third-order valence-electron chi connectivity index (χ3n) is 7.43. The molecule has 7 aromatic rings. The Kier molecular flexibility index (Phi) is 4.18. The predicted molar refractivity (Wildman–Crippen MR) is 152 cm³/mol. The lowest BCUT2D eigenvalue weighted by Crippen LogP contribution is -2.32. The van der Waals surface area contributed by atoms with Crippen LogP contribution in [0.2, 0.25) is 0 Å². The summed E-state index contributed by atoms with van der Waals surface area (Å²) in [5.74, 6) is 0.837. The number of rotatable bonds is 2. The van der Waals surface area contributed by atoms with Crippen LogP contribution in [0.25, 0.3) is 49.8 Å². The maximum Gasteiger partial charge on any atom is 0.175 e. The molecule has 0 radical (unpaired) electrons. The number of nitrogens with zero attached hydrogens (tertiary/aromatic N) is 3. The number of aromatic nitrogens is 3. The quantitative estimate of drug-likeness (QED) is 0.208. The van der Waals surface area contributed by atoms with E-state index >= 15 is 4.57 Å². The maximum absolute atomic E-state index is 15.2. The van der Waals surface area contributed by atoms with Gasteiger partial charge >= 0.3 is 0 Å². The minimum atomic E-state index is -3.11. The molecule has 0 bridgehead atoms. The Hall–Kier alpha value is -4.53. The van der Waals surface area contributed by atoms with Gasteiger partial charge in [0.15, 0.2) is 7.14 Å². The van der Waals surface area contributed by atoms with Crippen LogP contribution in [0.1, 0.15) is 0 Å². The highest BCUT2D eigenvalue weighted by Crippen LogP contribution is 2.50. The summed E-state index contributed by atoms with van der Waals surface area (Å²) < 4.78 is 17.4. The van der Waals surface area contributed by atoms with Crippen LogP contribution in [0.3, 0.4) is 0 Å². The smallest absolute Gasteiger partial charge is 0.175 e. The molecule has 5 aromatic carbocycles. The van der Waals surface area contributed by atoms with Gasteiger partial charge in [-0.05, 0) is 47.2 Å². The number of imidazole rings is 1. The Morgan fingerprint density at radius 1 is 0.649 bits per heavy atom. The fourth-order valence-electron chi connectivity index (χ4n) is 5.86. The second-order valence-electron chi connectivity index (χ2n) is 9.39. The summed E-state index contributed by atoms with van der Waals surface area (Å²) in [7, 11) is -3.11. The molecule has 1 aliphatic rings. The molecular formula is C32H20N3OP. The van der Waals surface area contributed by atoms with Crippen LogP contribution in [-0.2, 0) is 4.57 Å². The standard InChI is InChI=1S/C32H20N3OP/c36-37(22-11-2-1-3-12-22)28-17-7-6-16-27(28)35-31-25(15-8-18-29(31)37)34-32(35)30-23-13-5-4-10-21(23)20-26-24(30)14-9-19-33-26/h1-20H. The first kappa shape index (κ1) is 20.6. The lowest BCUT2D eigenvalue weighted by molar-refractivity contribution is 0.592. The van der Waals surface area contributed by atoms with E-state index in [0.29, 0.717) is 0 Å². The fourth-order valence-corrected chi connectivity index (χ4v) is 8.87.